The smallest absolute Gasteiger partial charge is 0.340 e. The van der Waals surface area contributed by atoms with Gasteiger partial charge in [-0.25, -0.2) is 13.6 Å². The monoisotopic (exact) mass is 301 g/mol. The summed E-state index contributed by atoms with van der Waals surface area (Å²) in [4.78, 5) is 11.2. The zero-order valence-electron chi connectivity index (χ0n) is 12.5. The quantitative estimate of drug-likeness (QED) is 0.591. The summed E-state index contributed by atoms with van der Waals surface area (Å²) >= 11 is 0. The first-order chi connectivity index (χ1) is 9.97. The van der Waals surface area contributed by atoms with Crippen LogP contribution in [0, 0.1) is 17.6 Å². The number of ether oxygens (including phenoxy) is 2. The molecule has 0 fully saturated rings. The number of anilines is 1. The fourth-order valence-electron chi connectivity index (χ4n) is 1.67. The Balaban J connectivity index is 2.50. The fourth-order valence-corrected chi connectivity index (χ4v) is 1.67. The molecule has 4 nitrogen and oxygen atoms in total. The van der Waals surface area contributed by atoms with E-state index in [1.165, 1.54) is 12.1 Å². The Kier molecular flexibility index (Phi) is 7.08. The van der Waals surface area contributed by atoms with Gasteiger partial charge in [0, 0.05) is 19.8 Å². The molecule has 0 heterocycles. The lowest BCUT2D eigenvalue weighted by Crippen LogP contribution is -2.11. The molecule has 0 aliphatic heterocycles. The molecule has 0 aliphatic carbocycles. The average molecular weight is 301 g/mol. The summed E-state index contributed by atoms with van der Waals surface area (Å²) in [7, 11) is 1.11. The number of rotatable bonds is 8. The second-order valence-corrected chi connectivity index (χ2v) is 5.03. The highest BCUT2D eigenvalue weighted by Gasteiger charge is 2.18. The van der Waals surface area contributed by atoms with Crippen molar-refractivity contribution in [3.8, 4) is 0 Å². The lowest BCUT2D eigenvalue weighted by atomic mass is 10.2. The van der Waals surface area contributed by atoms with E-state index in [0.717, 1.165) is 7.11 Å². The molecule has 0 spiro atoms. The van der Waals surface area contributed by atoms with Gasteiger partial charge in [0.2, 0.25) is 0 Å². The molecule has 0 saturated heterocycles. The van der Waals surface area contributed by atoms with Gasteiger partial charge in [-0.1, -0.05) is 13.8 Å². The molecule has 6 heteroatoms. The third kappa shape index (κ3) is 5.30. The van der Waals surface area contributed by atoms with Crippen LogP contribution >= 0.6 is 0 Å². The molecule has 0 aromatic heterocycles. The van der Waals surface area contributed by atoms with Crippen LogP contribution in [-0.4, -0.2) is 32.8 Å². The van der Waals surface area contributed by atoms with Crippen molar-refractivity contribution in [2.24, 2.45) is 5.92 Å². The second kappa shape index (κ2) is 8.56. The minimum absolute atomic E-state index is 0.0176. The summed E-state index contributed by atoms with van der Waals surface area (Å²) in [5.41, 5.74) is -0.398. The number of carbonyl (C=O) groups is 1. The molecule has 0 bridgehead atoms. The molecule has 21 heavy (non-hydrogen) atoms. The van der Waals surface area contributed by atoms with E-state index >= 15 is 0 Å². The van der Waals surface area contributed by atoms with E-state index in [1.807, 2.05) is 0 Å². The predicted octanol–water partition coefficient (Wildman–Crippen LogP) is 3.23. The first kappa shape index (κ1) is 17.4. The van der Waals surface area contributed by atoms with Gasteiger partial charge in [-0.05, 0) is 24.5 Å². The molecule has 0 aliphatic rings. The summed E-state index contributed by atoms with van der Waals surface area (Å²) in [6, 6.07) is 2.52. The largest absolute Gasteiger partial charge is 0.465 e. The number of esters is 1. The van der Waals surface area contributed by atoms with Crippen LogP contribution in [0.4, 0.5) is 14.5 Å². The topological polar surface area (TPSA) is 47.6 Å². The van der Waals surface area contributed by atoms with Crippen LogP contribution in [0.2, 0.25) is 0 Å². The van der Waals surface area contributed by atoms with Crippen molar-refractivity contribution >= 4 is 11.7 Å². The predicted molar refractivity (Wildman–Crippen MR) is 76.5 cm³/mol. The SMILES string of the molecule is COC(=O)c1ccc(NCCCOCC(C)C)c(F)c1F. The normalized spacial score (nSPS) is 10.8. The Hall–Kier alpha value is -1.69. The van der Waals surface area contributed by atoms with Crippen molar-refractivity contribution in [2.45, 2.75) is 20.3 Å². The van der Waals surface area contributed by atoms with E-state index in [9.17, 15) is 13.6 Å². The van der Waals surface area contributed by atoms with E-state index in [4.69, 9.17) is 4.74 Å². The third-order valence-electron chi connectivity index (χ3n) is 2.72. The minimum Gasteiger partial charge on any atom is -0.465 e. The second-order valence-electron chi connectivity index (χ2n) is 5.03. The van der Waals surface area contributed by atoms with Gasteiger partial charge in [-0.15, -0.1) is 0 Å². The van der Waals surface area contributed by atoms with Crippen LogP contribution in [0.15, 0.2) is 12.1 Å². The van der Waals surface area contributed by atoms with Crippen LogP contribution in [0.5, 0.6) is 0 Å². The number of hydrogen-bond donors (Lipinski definition) is 1. The van der Waals surface area contributed by atoms with Crippen molar-refractivity contribution in [1.29, 1.82) is 0 Å². The zero-order valence-corrected chi connectivity index (χ0v) is 12.5. The molecule has 0 radical (unpaired) electrons. The van der Waals surface area contributed by atoms with E-state index in [2.05, 4.69) is 23.9 Å². The van der Waals surface area contributed by atoms with Gasteiger partial charge >= 0.3 is 5.97 Å². The maximum Gasteiger partial charge on any atom is 0.340 e. The van der Waals surface area contributed by atoms with Crippen molar-refractivity contribution in [3.63, 3.8) is 0 Å². The molecule has 118 valence electrons. The lowest BCUT2D eigenvalue weighted by Gasteiger charge is -2.10. The molecule has 0 atom stereocenters. The first-order valence-electron chi connectivity index (χ1n) is 6.85. The van der Waals surface area contributed by atoms with Crippen LogP contribution in [-0.2, 0) is 9.47 Å². The summed E-state index contributed by atoms with van der Waals surface area (Å²) in [6.07, 6.45) is 0.673. The van der Waals surface area contributed by atoms with Crippen molar-refractivity contribution < 1.29 is 23.0 Å². The number of hydrogen-bond acceptors (Lipinski definition) is 4. The van der Waals surface area contributed by atoms with Gasteiger partial charge in [-0.2, -0.15) is 0 Å². The van der Waals surface area contributed by atoms with Crippen LogP contribution in [0.3, 0.4) is 0 Å². The molecule has 0 amide bonds. The van der Waals surface area contributed by atoms with Gasteiger partial charge in [0.15, 0.2) is 11.6 Å². The van der Waals surface area contributed by atoms with E-state index in [0.29, 0.717) is 32.1 Å². The van der Waals surface area contributed by atoms with Gasteiger partial charge < -0.3 is 14.8 Å². The van der Waals surface area contributed by atoms with Gasteiger partial charge in [0.25, 0.3) is 0 Å². The van der Waals surface area contributed by atoms with Crippen molar-refractivity contribution in [1.82, 2.24) is 0 Å². The van der Waals surface area contributed by atoms with Crippen molar-refractivity contribution in [3.05, 3.63) is 29.3 Å². The molecule has 1 aromatic carbocycles. The number of halogens is 2. The number of benzene rings is 1. The van der Waals surface area contributed by atoms with Crippen LogP contribution in [0.1, 0.15) is 30.6 Å². The number of carbonyl (C=O) groups excluding carboxylic acids is 1. The highest BCUT2D eigenvalue weighted by Crippen LogP contribution is 2.21. The highest BCUT2D eigenvalue weighted by molar-refractivity contribution is 5.90. The summed E-state index contributed by atoms with van der Waals surface area (Å²) in [5.74, 6) is -2.72. The van der Waals surface area contributed by atoms with E-state index in [-0.39, 0.29) is 5.69 Å². The van der Waals surface area contributed by atoms with Gasteiger partial charge in [0.05, 0.1) is 18.4 Å². The lowest BCUT2D eigenvalue weighted by molar-refractivity contribution is 0.0594. The van der Waals surface area contributed by atoms with Crippen molar-refractivity contribution in [2.75, 3.05) is 32.2 Å². The van der Waals surface area contributed by atoms with Crippen LogP contribution in [0.25, 0.3) is 0 Å². The summed E-state index contributed by atoms with van der Waals surface area (Å²) in [6.45, 7) is 5.79. The highest BCUT2D eigenvalue weighted by atomic mass is 19.2. The molecule has 1 N–H and O–H groups in total. The molecular formula is C15H21F2NO3. The van der Waals surface area contributed by atoms with Gasteiger partial charge in [-0.3, -0.25) is 0 Å². The molecule has 0 unspecified atom stereocenters. The molecule has 1 aromatic rings. The number of methoxy groups -OCH3 is 1. The van der Waals surface area contributed by atoms with E-state index < -0.39 is 23.2 Å². The Labute approximate surface area is 123 Å². The Bertz CT molecular complexity index is 478. The summed E-state index contributed by atoms with van der Waals surface area (Å²) < 4.78 is 37.2. The Morgan fingerprint density at radius 3 is 2.62 bits per heavy atom. The fraction of sp³-hybridized carbons (Fsp3) is 0.533. The average Bonchev–Trinajstić information content (AvgIpc) is 2.46. The zero-order chi connectivity index (χ0) is 15.8. The third-order valence-corrected chi connectivity index (χ3v) is 2.72. The molecule has 1 rings (SSSR count). The number of nitrogens with one attached hydrogen (secondary N) is 1. The first-order valence-corrected chi connectivity index (χ1v) is 6.85. The summed E-state index contributed by atoms with van der Waals surface area (Å²) in [5, 5.41) is 2.78. The Morgan fingerprint density at radius 1 is 1.29 bits per heavy atom. The minimum atomic E-state index is -1.21. The molecular weight excluding hydrogens is 280 g/mol. The Morgan fingerprint density at radius 2 is 2.00 bits per heavy atom. The molecule has 0 saturated carbocycles. The van der Waals surface area contributed by atoms with Crippen LogP contribution < -0.4 is 5.32 Å². The maximum absolute atomic E-state index is 13.8. The van der Waals surface area contributed by atoms with E-state index in [1.54, 1.807) is 0 Å². The maximum atomic E-state index is 13.8. The van der Waals surface area contributed by atoms with Gasteiger partial charge in [0.1, 0.15) is 0 Å². The standard InChI is InChI=1S/C15H21F2NO3/c1-10(2)9-21-8-4-7-18-12-6-5-11(15(19)20-3)13(16)14(12)17/h5-6,10,18H,4,7-9H2,1-3H3.